The standard InChI is InChI=1S/C16H10Cl2FNO2/c17-13-5-4-9(7-14(13)18)15-12(8-21)16(22-20-15)10-2-1-3-11(19)6-10/h1-7,21H,8H2. The third-order valence-electron chi connectivity index (χ3n) is 3.23. The summed E-state index contributed by atoms with van der Waals surface area (Å²) < 4.78 is 18.7. The summed E-state index contributed by atoms with van der Waals surface area (Å²) in [4.78, 5) is 0. The second-order valence-electron chi connectivity index (χ2n) is 4.64. The Labute approximate surface area is 135 Å². The lowest BCUT2D eigenvalue weighted by molar-refractivity contribution is 0.281. The van der Waals surface area contributed by atoms with Crippen molar-refractivity contribution in [1.29, 1.82) is 0 Å². The van der Waals surface area contributed by atoms with Crippen molar-refractivity contribution in [2.75, 3.05) is 0 Å². The number of hydrogen-bond acceptors (Lipinski definition) is 3. The Bertz CT molecular complexity index is 833. The number of aliphatic hydroxyl groups excluding tert-OH is 1. The Morgan fingerprint density at radius 1 is 1.05 bits per heavy atom. The molecule has 0 bridgehead atoms. The third kappa shape index (κ3) is 2.73. The summed E-state index contributed by atoms with van der Waals surface area (Å²) in [7, 11) is 0. The molecule has 0 saturated heterocycles. The SMILES string of the molecule is OCc1c(-c2ccc(Cl)c(Cl)c2)noc1-c1cccc(F)c1. The highest BCUT2D eigenvalue weighted by Gasteiger charge is 2.19. The van der Waals surface area contributed by atoms with Crippen molar-refractivity contribution in [1.82, 2.24) is 5.16 Å². The molecule has 2 aromatic carbocycles. The van der Waals surface area contributed by atoms with Gasteiger partial charge in [-0.2, -0.15) is 0 Å². The van der Waals surface area contributed by atoms with Gasteiger partial charge < -0.3 is 9.63 Å². The quantitative estimate of drug-likeness (QED) is 0.735. The van der Waals surface area contributed by atoms with Gasteiger partial charge in [-0.1, -0.05) is 46.6 Å². The maximum absolute atomic E-state index is 13.4. The number of hydrogen-bond donors (Lipinski definition) is 1. The predicted octanol–water partition coefficient (Wildman–Crippen LogP) is 4.95. The van der Waals surface area contributed by atoms with Gasteiger partial charge in [0, 0.05) is 11.1 Å². The van der Waals surface area contributed by atoms with E-state index in [-0.39, 0.29) is 6.61 Å². The van der Waals surface area contributed by atoms with E-state index in [0.717, 1.165) is 0 Å². The van der Waals surface area contributed by atoms with Crippen molar-refractivity contribution in [3.05, 3.63) is 63.9 Å². The molecule has 3 aromatic rings. The van der Waals surface area contributed by atoms with Gasteiger partial charge in [-0.05, 0) is 24.3 Å². The number of aromatic nitrogens is 1. The van der Waals surface area contributed by atoms with Crippen LogP contribution in [-0.2, 0) is 6.61 Å². The lowest BCUT2D eigenvalue weighted by Gasteiger charge is -2.03. The molecule has 0 unspecified atom stereocenters. The van der Waals surface area contributed by atoms with Crippen LogP contribution in [0.15, 0.2) is 47.0 Å². The smallest absolute Gasteiger partial charge is 0.173 e. The molecule has 0 atom stereocenters. The van der Waals surface area contributed by atoms with Crippen LogP contribution in [0.2, 0.25) is 10.0 Å². The molecule has 0 aliphatic carbocycles. The first-order valence-electron chi connectivity index (χ1n) is 6.41. The summed E-state index contributed by atoms with van der Waals surface area (Å²) in [5.74, 6) is -0.0723. The monoisotopic (exact) mass is 337 g/mol. The third-order valence-corrected chi connectivity index (χ3v) is 3.97. The van der Waals surface area contributed by atoms with Gasteiger partial charge in [0.05, 0.1) is 22.2 Å². The van der Waals surface area contributed by atoms with Crippen molar-refractivity contribution < 1.29 is 14.0 Å². The Kier molecular flexibility index (Phi) is 4.16. The van der Waals surface area contributed by atoms with Crippen LogP contribution in [0.1, 0.15) is 5.56 Å². The molecule has 0 saturated carbocycles. The van der Waals surface area contributed by atoms with E-state index >= 15 is 0 Å². The highest BCUT2D eigenvalue weighted by molar-refractivity contribution is 6.42. The minimum Gasteiger partial charge on any atom is -0.391 e. The predicted molar refractivity (Wildman–Crippen MR) is 83.3 cm³/mol. The lowest BCUT2D eigenvalue weighted by Crippen LogP contribution is -1.89. The highest BCUT2D eigenvalue weighted by Crippen LogP contribution is 2.35. The first-order chi connectivity index (χ1) is 10.6. The number of nitrogens with zero attached hydrogens (tertiary/aromatic N) is 1. The second kappa shape index (κ2) is 6.08. The molecule has 1 heterocycles. The summed E-state index contributed by atoms with van der Waals surface area (Å²) in [6, 6.07) is 10.9. The average molecular weight is 338 g/mol. The fourth-order valence-electron chi connectivity index (χ4n) is 2.18. The first-order valence-corrected chi connectivity index (χ1v) is 7.16. The van der Waals surface area contributed by atoms with Crippen LogP contribution in [0.5, 0.6) is 0 Å². The van der Waals surface area contributed by atoms with Crippen molar-refractivity contribution in [2.24, 2.45) is 0 Å². The number of benzene rings is 2. The Hall–Kier alpha value is -1.88. The number of halogens is 3. The molecule has 3 rings (SSSR count). The van der Waals surface area contributed by atoms with Gasteiger partial charge in [0.1, 0.15) is 11.5 Å². The fourth-order valence-corrected chi connectivity index (χ4v) is 2.48. The van der Waals surface area contributed by atoms with Crippen LogP contribution in [0.4, 0.5) is 4.39 Å². The van der Waals surface area contributed by atoms with Crippen LogP contribution < -0.4 is 0 Å². The molecule has 0 radical (unpaired) electrons. The van der Waals surface area contributed by atoms with E-state index in [1.807, 2.05) is 0 Å². The summed E-state index contributed by atoms with van der Waals surface area (Å²) in [6.07, 6.45) is 0. The fraction of sp³-hybridized carbons (Fsp3) is 0.0625. The molecule has 6 heteroatoms. The minimum absolute atomic E-state index is 0.301. The Morgan fingerprint density at radius 2 is 1.86 bits per heavy atom. The van der Waals surface area contributed by atoms with Gasteiger partial charge >= 0.3 is 0 Å². The summed E-state index contributed by atoms with van der Waals surface area (Å²) in [5.41, 5.74) is 2.07. The zero-order valence-corrected chi connectivity index (χ0v) is 12.7. The Morgan fingerprint density at radius 3 is 2.55 bits per heavy atom. The summed E-state index contributed by atoms with van der Waals surface area (Å²) >= 11 is 11.9. The molecular weight excluding hydrogens is 328 g/mol. The van der Waals surface area contributed by atoms with E-state index in [9.17, 15) is 9.50 Å². The zero-order chi connectivity index (χ0) is 15.7. The lowest BCUT2D eigenvalue weighted by atomic mass is 10.0. The maximum Gasteiger partial charge on any atom is 0.173 e. The first kappa shape index (κ1) is 15.0. The van der Waals surface area contributed by atoms with Gasteiger partial charge in [0.15, 0.2) is 5.76 Å². The van der Waals surface area contributed by atoms with Gasteiger partial charge in [0.2, 0.25) is 0 Å². The second-order valence-corrected chi connectivity index (χ2v) is 5.45. The van der Waals surface area contributed by atoms with E-state index in [0.29, 0.717) is 38.2 Å². The van der Waals surface area contributed by atoms with Gasteiger partial charge in [0.25, 0.3) is 0 Å². The molecule has 0 amide bonds. The molecule has 0 fully saturated rings. The summed E-state index contributed by atoms with van der Waals surface area (Å²) in [5, 5.41) is 14.4. The van der Waals surface area contributed by atoms with E-state index in [2.05, 4.69) is 5.16 Å². The minimum atomic E-state index is -0.395. The highest BCUT2D eigenvalue weighted by atomic mass is 35.5. The number of rotatable bonds is 3. The van der Waals surface area contributed by atoms with Crippen LogP contribution in [-0.4, -0.2) is 10.3 Å². The van der Waals surface area contributed by atoms with Gasteiger partial charge in [-0.3, -0.25) is 0 Å². The normalized spacial score (nSPS) is 10.9. The molecular formula is C16H10Cl2FNO2. The van der Waals surface area contributed by atoms with E-state index in [1.54, 1.807) is 30.3 Å². The van der Waals surface area contributed by atoms with Gasteiger partial charge in [-0.25, -0.2) is 4.39 Å². The van der Waals surface area contributed by atoms with Crippen LogP contribution in [0, 0.1) is 5.82 Å². The van der Waals surface area contributed by atoms with Gasteiger partial charge in [-0.15, -0.1) is 0 Å². The van der Waals surface area contributed by atoms with E-state index in [4.69, 9.17) is 27.7 Å². The molecule has 22 heavy (non-hydrogen) atoms. The zero-order valence-electron chi connectivity index (χ0n) is 11.2. The molecule has 3 nitrogen and oxygen atoms in total. The maximum atomic E-state index is 13.4. The van der Waals surface area contributed by atoms with Crippen molar-refractivity contribution in [3.63, 3.8) is 0 Å². The van der Waals surface area contributed by atoms with Crippen molar-refractivity contribution in [2.45, 2.75) is 6.61 Å². The summed E-state index contributed by atoms with van der Waals surface area (Å²) in [6.45, 7) is -0.301. The van der Waals surface area contributed by atoms with Crippen molar-refractivity contribution >= 4 is 23.2 Å². The average Bonchev–Trinajstić information content (AvgIpc) is 2.94. The Balaban J connectivity index is 2.13. The largest absolute Gasteiger partial charge is 0.391 e. The van der Waals surface area contributed by atoms with Crippen molar-refractivity contribution in [3.8, 4) is 22.6 Å². The van der Waals surface area contributed by atoms with E-state index in [1.165, 1.54) is 12.1 Å². The van der Waals surface area contributed by atoms with Crippen LogP contribution in [0.3, 0.4) is 0 Å². The number of aliphatic hydroxyl groups is 1. The molecule has 0 aliphatic heterocycles. The molecule has 1 N–H and O–H groups in total. The molecule has 1 aromatic heterocycles. The van der Waals surface area contributed by atoms with Crippen LogP contribution >= 0.6 is 23.2 Å². The van der Waals surface area contributed by atoms with E-state index < -0.39 is 5.82 Å². The molecule has 0 aliphatic rings. The molecule has 0 spiro atoms. The van der Waals surface area contributed by atoms with Crippen LogP contribution in [0.25, 0.3) is 22.6 Å². The topological polar surface area (TPSA) is 46.3 Å². The molecule has 112 valence electrons.